The maximum atomic E-state index is 15.2. The van der Waals surface area contributed by atoms with E-state index in [9.17, 15) is 32.7 Å². The number of halogens is 5. The van der Waals surface area contributed by atoms with Crippen LogP contribution in [-0.4, -0.2) is 56.8 Å². The largest absolute Gasteiger partial charge is 0.478 e. The van der Waals surface area contributed by atoms with Crippen molar-refractivity contribution in [3.05, 3.63) is 75.2 Å². The van der Waals surface area contributed by atoms with Crippen LogP contribution in [0.1, 0.15) is 69.6 Å². The quantitative estimate of drug-likeness (QED) is 0.359. The van der Waals surface area contributed by atoms with Crippen molar-refractivity contribution in [3.63, 3.8) is 0 Å². The highest BCUT2D eigenvalue weighted by atomic mass is 35.5. The van der Waals surface area contributed by atoms with Gasteiger partial charge in [-0.25, -0.2) is 9.18 Å². The lowest BCUT2D eigenvalue weighted by atomic mass is 9.84. The topological polar surface area (TPSA) is 92.5 Å². The Morgan fingerprint density at radius 2 is 1.79 bits per heavy atom. The second-order valence-electron chi connectivity index (χ2n) is 11.2. The zero-order valence-corrected chi connectivity index (χ0v) is 23.1. The Bertz CT molecular complexity index is 1620. The Balaban J connectivity index is 1.49. The second kappa shape index (κ2) is 10.2. The molecule has 1 atom stereocenters. The van der Waals surface area contributed by atoms with Crippen molar-refractivity contribution >= 4 is 29.4 Å². The fourth-order valence-electron chi connectivity index (χ4n) is 6.32. The summed E-state index contributed by atoms with van der Waals surface area (Å²) in [6.07, 6.45) is -2.42. The van der Waals surface area contributed by atoms with Crippen LogP contribution in [-0.2, 0) is 23.1 Å². The first-order valence-corrected chi connectivity index (χ1v) is 14.1. The molecule has 7 nitrogen and oxygen atoms in total. The number of aromatic carboxylic acids is 1. The number of carbonyl (C=O) groups is 3. The van der Waals surface area contributed by atoms with Gasteiger partial charge in [-0.15, -0.1) is 0 Å². The lowest BCUT2D eigenvalue weighted by molar-refractivity contribution is -0.160. The first-order chi connectivity index (χ1) is 19.9. The normalized spacial score (nSPS) is 19.5. The van der Waals surface area contributed by atoms with Crippen molar-refractivity contribution in [3.8, 4) is 11.3 Å². The second-order valence-corrected chi connectivity index (χ2v) is 11.6. The van der Waals surface area contributed by atoms with Crippen LogP contribution in [0.4, 0.5) is 17.6 Å². The van der Waals surface area contributed by atoms with E-state index >= 15 is 4.39 Å². The number of nitrogens with zero attached hydrogens (tertiary/aromatic N) is 3. The molecule has 1 unspecified atom stereocenters. The van der Waals surface area contributed by atoms with E-state index in [1.165, 1.54) is 30.3 Å². The average Bonchev–Trinajstić information content (AvgIpc) is 3.44. The predicted octanol–water partition coefficient (Wildman–Crippen LogP) is 6.05. The molecule has 12 heteroatoms. The minimum absolute atomic E-state index is 0.0551. The SMILES string of the molecule is O=C(O)c1ccc(-c2nn(C(=O)c3c(Cl)cccc3C3(C(F)(F)F)CC3)c3c2CCC(C(=O)N2CCCC2)C3)c(F)c1. The van der Waals surface area contributed by atoms with Crippen LogP contribution in [0.5, 0.6) is 0 Å². The number of alkyl halides is 3. The lowest BCUT2D eigenvalue weighted by Crippen LogP contribution is -2.37. The van der Waals surface area contributed by atoms with Gasteiger partial charge in [-0.05, 0) is 68.4 Å². The number of carboxylic acids is 1. The highest BCUT2D eigenvalue weighted by Gasteiger charge is 2.65. The van der Waals surface area contributed by atoms with Gasteiger partial charge in [0.1, 0.15) is 5.82 Å². The molecule has 1 aliphatic heterocycles. The van der Waals surface area contributed by atoms with Gasteiger partial charge in [0, 0.05) is 36.6 Å². The Morgan fingerprint density at radius 3 is 2.40 bits per heavy atom. The van der Waals surface area contributed by atoms with E-state index < -0.39 is 35.2 Å². The highest BCUT2D eigenvalue weighted by Crippen LogP contribution is 2.60. The van der Waals surface area contributed by atoms with E-state index in [4.69, 9.17) is 11.6 Å². The molecule has 0 radical (unpaired) electrons. The van der Waals surface area contributed by atoms with Crippen LogP contribution in [0.15, 0.2) is 36.4 Å². The summed E-state index contributed by atoms with van der Waals surface area (Å²) in [5, 5.41) is 13.5. The molecular formula is C30H26ClF4N3O4. The van der Waals surface area contributed by atoms with E-state index in [0.717, 1.165) is 23.6 Å². The Hall–Kier alpha value is -3.73. The summed E-state index contributed by atoms with van der Waals surface area (Å²) < 4.78 is 58.7. The van der Waals surface area contributed by atoms with Crippen molar-refractivity contribution in [2.75, 3.05) is 13.1 Å². The predicted molar refractivity (Wildman–Crippen MR) is 144 cm³/mol. The van der Waals surface area contributed by atoms with Gasteiger partial charge < -0.3 is 10.0 Å². The molecule has 1 N–H and O–H groups in total. The fourth-order valence-corrected chi connectivity index (χ4v) is 6.57. The smallest absolute Gasteiger partial charge is 0.398 e. The molecule has 6 rings (SSSR count). The van der Waals surface area contributed by atoms with Gasteiger partial charge in [-0.3, -0.25) is 9.59 Å². The minimum atomic E-state index is -4.61. The summed E-state index contributed by atoms with van der Waals surface area (Å²) in [6, 6.07) is 7.27. The zero-order valence-electron chi connectivity index (χ0n) is 22.3. The first-order valence-electron chi connectivity index (χ1n) is 13.8. The number of carbonyl (C=O) groups excluding carboxylic acids is 2. The molecule has 2 heterocycles. The Kier molecular flexibility index (Phi) is 6.91. The first kappa shape index (κ1) is 28.4. The molecule has 3 aromatic rings. The molecule has 2 fully saturated rings. The van der Waals surface area contributed by atoms with Crippen molar-refractivity contribution < 1.29 is 37.1 Å². The number of carboxylic acid groups (broad SMARTS) is 1. The molecule has 1 saturated carbocycles. The van der Waals surface area contributed by atoms with Crippen molar-refractivity contribution in [1.29, 1.82) is 0 Å². The van der Waals surface area contributed by atoms with Gasteiger partial charge in [0.05, 0.1) is 33.0 Å². The van der Waals surface area contributed by atoms with Gasteiger partial charge in [-0.1, -0.05) is 23.7 Å². The van der Waals surface area contributed by atoms with Crippen LogP contribution in [0, 0.1) is 11.7 Å². The van der Waals surface area contributed by atoms with Crippen molar-refractivity contribution in [2.24, 2.45) is 5.92 Å². The van der Waals surface area contributed by atoms with Crippen LogP contribution in [0.3, 0.4) is 0 Å². The maximum absolute atomic E-state index is 15.2. The number of hydrogen-bond donors (Lipinski definition) is 1. The zero-order chi connectivity index (χ0) is 30.0. The molecule has 1 saturated heterocycles. The Morgan fingerprint density at radius 1 is 1.07 bits per heavy atom. The standard InChI is InChI=1S/C30H26ClF4N3O4/c31-21-5-3-4-20(29(10-11-29)30(33,34)35)24(21)27(40)38-23-15-16(26(39)37-12-1-2-13-37)6-9-19(23)25(36-38)18-8-7-17(28(41)42)14-22(18)32/h3-5,7-8,14,16H,1-2,6,9-13,15H2,(H,41,42). The van der Waals surface area contributed by atoms with Gasteiger partial charge in [0.25, 0.3) is 5.91 Å². The molecule has 1 amide bonds. The van der Waals surface area contributed by atoms with Crippen LogP contribution in [0.25, 0.3) is 11.3 Å². The minimum Gasteiger partial charge on any atom is -0.478 e. The molecule has 0 bridgehead atoms. The summed E-state index contributed by atoms with van der Waals surface area (Å²) >= 11 is 6.40. The van der Waals surface area contributed by atoms with E-state index in [1.54, 1.807) is 4.90 Å². The summed E-state index contributed by atoms with van der Waals surface area (Å²) in [5.41, 5.74) is -2.24. The van der Waals surface area contributed by atoms with Gasteiger partial charge in [-0.2, -0.15) is 23.0 Å². The van der Waals surface area contributed by atoms with E-state index in [1.807, 2.05) is 0 Å². The number of aromatic nitrogens is 2. The monoisotopic (exact) mass is 603 g/mol. The molecule has 0 spiro atoms. The third-order valence-corrected chi connectivity index (χ3v) is 9.05. The summed E-state index contributed by atoms with van der Waals surface area (Å²) in [5.74, 6) is -3.65. The van der Waals surface area contributed by atoms with Crippen LogP contribution in [0.2, 0.25) is 5.02 Å². The summed E-state index contributed by atoms with van der Waals surface area (Å²) in [6.45, 7) is 1.27. The third kappa shape index (κ3) is 4.58. The molecule has 42 heavy (non-hydrogen) atoms. The summed E-state index contributed by atoms with van der Waals surface area (Å²) in [4.78, 5) is 40.6. The fraction of sp³-hybridized carbons (Fsp3) is 0.400. The van der Waals surface area contributed by atoms with Crippen LogP contribution >= 0.6 is 11.6 Å². The maximum Gasteiger partial charge on any atom is 0.398 e. The van der Waals surface area contributed by atoms with Crippen molar-refractivity contribution in [2.45, 2.75) is 56.5 Å². The molecule has 3 aliphatic rings. The van der Waals surface area contributed by atoms with Crippen LogP contribution < -0.4 is 0 Å². The lowest BCUT2D eigenvalue weighted by Gasteiger charge is -2.27. The molecule has 2 aliphatic carbocycles. The Labute approximate surface area is 243 Å². The van der Waals surface area contributed by atoms with Gasteiger partial charge in [0.2, 0.25) is 5.91 Å². The summed E-state index contributed by atoms with van der Waals surface area (Å²) in [7, 11) is 0. The van der Waals surface area contributed by atoms with E-state index in [0.29, 0.717) is 30.8 Å². The number of amides is 1. The number of hydrogen-bond acceptors (Lipinski definition) is 4. The third-order valence-electron chi connectivity index (χ3n) is 8.74. The number of fused-ring (bicyclic) bond motifs is 1. The molecule has 220 valence electrons. The highest BCUT2D eigenvalue weighted by molar-refractivity contribution is 6.34. The molecule has 1 aromatic heterocycles. The number of likely N-dealkylation sites (tertiary alicyclic amines) is 1. The average molecular weight is 604 g/mol. The molecular weight excluding hydrogens is 578 g/mol. The van der Waals surface area contributed by atoms with E-state index in [-0.39, 0.29) is 64.6 Å². The number of benzene rings is 2. The number of rotatable bonds is 5. The van der Waals surface area contributed by atoms with E-state index in [2.05, 4.69) is 5.10 Å². The van der Waals surface area contributed by atoms with Gasteiger partial charge in [0.15, 0.2) is 0 Å². The van der Waals surface area contributed by atoms with Crippen molar-refractivity contribution in [1.82, 2.24) is 14.7 Å². The van der Waals surface area contributed by atoms with Gasteiger partial charge >= 0.3 is 12.1 Å². The molecule has 2 aromatic carbocycles.